The first-order chi connectivity index (χ1) is 10.1. The van der Waals surface area contributed by atoms with Crippen LogP contribution in [-0.2, 0) is 6.61 Å². The number of nitrogens with two attached hydrogens (primary N) is 1. The number of hydrazone groups is 1. The number of ether oxygens (including phenoxy) is 1. The second-order valence-electron chi connectivity index (χ2n) is 4.23. The van der Waals surface area contributed by atoms with Crippen LogP contribution in [0.1, 0.15) is 11.1 Å². The molecule has 0 aromatic heterocycles. The molecule has 0 saturated carbocycles. The van der Waals surface area contributed by atoms with Gasteiger partial charge in [-0.3, -0.25) is 0 Å². The fourth-order valence-corrected chi connectivity index (χ4v) is 1.98. The van der Waals surface area contributed by atoms with Gasteiger partial charge in [0.05, 0.1) is 5.56 Å². The highest BCUT2D eigenvalue weighted by Crippen LogP contribution is 2.18. The lowest BCUT2D eigenvalue weighted by atomic mass is 10.2. The second-order valence-corrected chi connectivity index (χ2v) is 5.11. The van der Waals surface area contributed by atoms with E-state index in [2.05, 4.69) is 10.5 Å². The van der Waals surface area contributed by atoms with Gasteiger partial charge >= 0.3 is 0 Å². The second kappa shape index (κ2) is 7.61. The number of rotatable bonds is 5. The first kappa shape index (κ1) is 15.3. The van der Waals surface area contributed by atoms with E-state index < -0.39 is 0 Å². The van der Waals surface area contributed by atoms with Crippen molar-refractivity contribution in [3.63, 3.8) is 0 Å². The van der Waals surface area contributed by atoms with Gasteiger partial charge in [0, 0.05) is 5.02 Å². The van der Waals surface area contributed by atoms with Crippen LogP contribution in [0.25, 0.3) is 0 Å². The van der Waals surface area contributed by atoms with Crippen molar-refractivity contribution in [2.24, 2.45) is 5.73 Å². The Morgan fingerprint density at radius 2 is 2.10 bits per heavy atom. The van der Waals surface area contributed by atoms with Crippen LogP contribution in [0.15, 0.2) is 48.5 Å². The van der Waals surface area contributed by atoms with Gasteiger partial charge in [-0.2, -0.15) is 0 Å². The van der Waals surface area contributed by atoms with Crippen molar-refractivity contribution in [2.45, 2.75) is 6.61 Å². The van der Waals surface area contributed by atoms with Gasteiger partial charge in [-0.25, -0.2) is 0 Å². The van der Waals surface area contributed by atoms with E-state index in [0.717, 1.165) is 16.9 Å². The number of nitrogens with one attached hydrogen (secondary N) is 2. The van der Waals surface area contributed by atoms with Crippen LogP contribution in [0, 0.1) is 0 Å². The molecule has 6 heteroatoms. The van der Waals surface area contributed by atoms with Crippen molar-refractivity contribution in [2.75, 3.05) is 0 Å². The van der Waals surface area contributed by atoms with Crippen molar-refractivity contribution in [3.05, 3.63) is 64.7 Å². The summed E-state index contributed by atoms with van der Waals surface area (Å²) in [5.41, 5.74) is 9.85. The Labute approximate surface area is 133 Å². The van der Waals surface area contributed by atoms with Crippen molar-refractivity contribution in [3.8, 4) is 5.75 Å². The maximum absolute atomic E-state index is 5.95. The standard InChI is InChI=1S/C15H14ClN3OS/c16-13-6-3-4-11(8-13)10-20-14-7-2-1-5-12(14)9-18-19-15(17)21/h1-9H,10H2,(H3,17,19,21)/p+1. The molecule has 0 heterocycles. The highest BCUT2D eigenvalue weighted by Gasteiger charge is 2.04. The zero-order valence-corrected chi connectivity index (χ0v) is 12.7. The SMILES string of the molecule is NC(=S)N[NH+]=Cc1ccccc1OCc1cccc(Cl)c1. The third kappa shape index (κ3) is 5.06. The number of benzene rings is 2. The molecule has 0 aliphatic heterocycles. The molecule has 2 aromatic rings. The summed E-state index contributed by atoms with van der Waals surface area (Å²) in [4.78, 5) is 0. The van der Waals surface area contributed by atoms with Crippen molar-refractivity contribution in [1.82, 2.24) is 5.43 Å². The van der Waals surface area contributed by atoms with Crippen molar-refractivity contribution < 1.29 is 9.84 Å². The molecule has 108 valence electrons. The Bertz CT molecular complexity index is 661. The average Bonchev–Trinajstić information content (AvgIpc) is 2.46. The average molecular weight is 321 g/mol. The molecule has 0 aliphatic carbocycles. The molecule has 0 unspecified atom stereocenters. The van der Waals surface area contributed by atoms with Crippen molar-refractivity contribution >= 4 is 35.1 Å². The third-order valence-corrected chi connectivity index (χ3v) is 2.96. The van der Waals surface area contributed by atoms with Crippen LogP contribution >= 0.6 is 23.8 Å². The minimum absolute atomic E-state index is 0.170. The van der Waals surface area contributed by atoms with Crippen LogP contribution in [0.3, 0.4) is 0 Å². The first-order valence-corrected chi connectivity index (χ1v) is 7.04. The van der Waals surface area contributed by atoms with Gasteiger partial charge in [0.25, 0.3) is 0 Å². The number of hydrogen-bond donors (Lipinski definition) is 3. The van der Waals surface area contributed by atoms with E-state index >= 15 is 0 Å². The molecule has 21 heavy (non-hydrogen) atoms. The monoisotopic (exact) mass is 320 g/mol. The number of halogens is 1. The zero-order valence-electron chi connectivity index (χ0n) is 11.2. The molecule has 0 atom stereocenters. The Morgan fingerprint density at radius 1 is 1.29 bits per heavy atom. The zero-order chi connectivity index (χ0) is 15.1. The van der Waals surface area contributed by atoms with E-state index in [1.54, 1.807) is 6.21 Å². The molecule has 0 aliphatic rings. The number of para-hydroxylation sites is 1. The van der Waals surface area contributed by atoms with Gasteiger partial charge in [0.15, 0.2) is 0 Å². The highest BCUT2D eigenvalue weighted by atomic mass is 35.5. The maximum atomic E-state index is 5.95. The molecule has 0 saturated heterocycles. The predicted molar refractivity (Wildman–Crippen MR) is 88.3 cm³/mol. The number of thiocarbonyl (C=S) groups is 1. The molecule has 4 nitrogen and oxygen atoms in total. The molecular weight excluding hydrogens is 306 g/mol. The van der Waals surface area contributed by atoms with E-state index in [9.17, 15) is 0 Å². The molecule has 0 spiro atoms. The Balaban J connectivity index is 2.06. The fourth-order valence-electron chi connectivity index (χ4n) is 1.70. The highest BCUT2D eigenvalue weighted by molar-refractivity contribution is 7.80. The van der Waals surface area contributed by atoms with Gasteiger partial charge in [0.2, 0.25) is 11.3 Å². The summed E-state index contributed by atoms with van der Waals surface area (Å²) in [6.07, 6.45) is 1.73. The summed E-state index contributed by atoms with van der Waals surface area (Å²) in [5.74, 6) is 0.745. The molecule has 0 fully saturated rings. The fraction of sp³-hybridized carbons (Fsp3) is 0.0667. The summed E-state index contributed by atoms with van der Waals surface area (Å²) in [6.45, 7) is 0.439. The van der Waals surface area contributed by atoms with E-state index in [4.69, 9.17) is 34.3 Å². The lowest BCUT2D eigenvalue weighted by molar-refractivity contribution is -0.499. The van der Waals surface area contributed by atoms with Crippen molar-refractivity contribution in [1.29, 1.82) is 0 Å². The maximum Gasteiger partial charge on any atom is 0.221 e. The lowest BCUT2D eigenvalue weighted by Gasteiger charge is -2.08. The molecule has 4 N–H and O–H groups in total. The Kier molecular flexibility index (Phi) is 5.54. The summed E-state index contributed by atoms with van der Waals surface area (Å²) in [7, 11) is 0. The van der Waals surface area contributed by atoms with Crippen LogP contribution in [0.5, 0.6) is 5.75 Å². The van der Waals surface area contributed by atoms with Gasteiger partial charge in [-0.1, -0.05) is 35.9 Å². The van der Waals surface area contributed by atoms with E-state index in [-0.39, 0.29) is 5.11 Å². The quantitative estimate of drug-likeness (QED) is 0.440. The lowest BCUT2D eigenvalue weighted by Crippen LogP contribution is -2.82. The molecule has 0 amide bonds. The van der Waals surface area contributed by atoms with Gasteiger partial charge in [0.1, 0.15) is 12.4 Å². The smallest absolute Gasteiger partial charge is 0.221 e. The minimum Gasteiger partial charge on any atom is -0.488 e. The normalized spacial score (nSPS) is 10.5. The van der Waals surface area contributed by atoms with Crippen LogP contribution in [0.2, 0.25) is 5.02 Å². The van der Waals surface area contributed by atoms with E-state index in [1.165, 1.54) is 0 Å². The van der Waals surface area contributed by atoms with Gasteiger partial charge in [-0.05, 0) is 42.0 Å². The van der Waals surface area contributed by atoms with Crippen LogP contribution < -0.4 is 21.0 Å². The molecule has 2 rings (SSSR count). The third-order valence-electron chi connectivity index (χ3n) is 2.63. The summed E-state index contributed by atoms with van der Waals surface area (Å²) < 4.78 is 5.81. The number of hydrazine groups is 1. The summed E-state index contributed by atoms with van der Waals surface area (Å²) in [5, 5.41) is 3.67. The predicted octanol–water partition coefficient (Wildman–Crippen LogP) is 1.17. The Hall–Kier alpha value is -2.11. The van der Waals surface area contributed by atoms with Gasteiger partial charge < -0.3 is 10.5 Å². The van der Waals surface area contributed by atoms with Crippen LogP contribution in [-0.4, -0.2) is 11.3 Å². The Morgan fingerprint density at radius 3 is 2.86 bits per heavy atom. The van der Waals surface area contributed by atoms with E-state index in [0.29, 0.717) is 11.6 Å². The largest absolute Gasteiger partial charge is 0.488 e. The number of hydrogen-bond acceptors (Lipinski definition) is 2. The summed E-state index contributed by atoms with van der Waals surface area (Å²) >= 11 is 10.7. The van der Waals surface area contributed by atoms with Crippen LogP contribution in [0.4, 0.5) is 0 Å². The molecule has 0 radical (unpaired) electrons. The van der Waals surface area contributed by atoms with Gasteiger partial charge in [-0.15, -0.1) is 10.5 Å². The molecule has 2 aromatic carbocycles. The molecular formula is C15H15ClN3OS+. The van der Waals surface area contributed by atoms with E-state index in [1.807, 2.05) is 48.5 Å². The first-order valence-electron chi connectivity index (χ1n) is 6.25. The minimum atomic E-state index is 0.170. The summed E-state index contributed by atoms with van der Waals surface area (Å²) in [6, 6.07) is 15.2. The molecule has 0 bridgehead atoms. The topological polar surface area (TPSA) is 61.2 Å².